The lowest BCUT2D eigenvalue weighted by molar-refractivity contribution is -0.119. The Morgan fingerprint density at radius 3 is 2.82 bits per heavy atom. The number of carbonyl (C=O) groups excluding carboxylic acids is 1. The fourth-order valence-corrected chi connectivity index (χ4v) is 2.87. The van der Waals surface area contributed by atoms with Crippen LogP contribution in [0.25, 0.3) is 11.0 Å². The summed E-state index contributed by atoms with van der Waals surface area (Å²) < 4.78 is 13.6. The third kappa shape index (κ3) is 4.47. The molecule has 0 spiro atoms. The maximum absolute atomic E-state index is 13.6. The molecule has 0 saturated carbocycles. The zero-order valence-corrected chi connectivity index (χ0v) is 15.5. The number of aromatic nitrogens is 2. The van der Waals surface area contributed by atoms with Gasteiger partial charge in [0.05, 0.1) is 16.2 Å². The van der Waals surface area contributed by atoms with Gasteiger partial charge in [-0.1, -0.05) is 11.6 Å². The summed E-state index contributed by atoms with van der Waals surface area (Å²) in [5.41, 5.74) is 1.88. The number of benzene rings is 1. The van der Waals surface area contributed by atoms with Crippen LogP contribution in [0.3, 0.4) is 0 Å². The van der Waals surface area contributed by atoms with Gasteiger partial charge in [0.25, 0.3) is 0 Å². The van der Waals surface area contributed by atoms with Crippen LogP contribution < -0.4 is 10.2 Å². The molecule has 0 saturated heterocycles. The second-order valence-electron chi connectivity index (χ2n) is 5.98. The topological polar surface area (TPSA) is 98.6 Å². The predicted molar refractivity (Wildman–Crippen MR) is 104 cm³/mol. The number of aliphatic hydroxyl groups is 1. The van der Waals surface area contributed by atoms with Gasteiger partial charge in [-0.3, -0.25) is 9.78 Å². The molecule has 3 N–H and O–H groups in total. The molecule has 0 bridgehead atoms. The van der Waals surface area contributed by atoms with Crippen molar-refractivity contribution in [2.45, 2.75) is 6.42 Å². The van der Waals surface area contributed by atoms with E-state index >= 15 is 0 Å². The van der Waals surface area contributed by atoms with Gasteiger partial charge in [-0.2, -0.15) is 0 Å². The second-order valence-corrected chi connectivity index (χ2v) is 6.39. The van der Waals surface area contributed by atoms with E-state index in [1.165, 1.54) is 24.3 Å². The average Bonchev–Trinajstić information content (AvgIpc) is 2.68. The predicted octanol–water partition coefficient (Wildman–Crippen LogP) is 2.76. The van der Waals surface area contributed by atoms with Gasteiger partial charge in [-0.25, -0.2) is 9.37 Å². The normalized spacial score (nSPS) is 10.8. The van der Waals surface area contributed by atoms with E-state index in [0.29, 0.717) is 35.4 Å². The summed E-state index contributed by atoms with van der Waals surface area (Å²) in [6.45, 7) is 0.184. The molecule has 7 nitrogen and oxygen atoms in total. The first-order valence-electron chi connectivity index (χ1n) is 8.54. The Labute approximate surface area is 165 Å². The van der Waals surface area contributed by atoms with Gasteiger partial charge in [0, 0.05) is 31.1 Å². The molecule has 146 valence electrons. The van der Waals surface area contributed by atoms with Gasteiger partial charge in [0.15, 0.2) is 0 Å². The van der Waals surface area contributed by atoms with E-state index in [1.807, 2.05) is 0 Å². The molecule has 0 fully saturated rings. The standard InChI is InChI=1S/C19H18ClFN4O3/c20-13-10-12(2-3-14(13)21)25(11-18(28)23-7-1-9-26)16-6-8-22-15-4-5-17(27)24-19(15)16/h2-6,8,10,26H,1,7,9,11H2,(H,23,28)(H,24,27). The fraction of sp³-hybridized carbons (Fsp3) is 0.211. The average molecular weight is 405 g/mol. The maximum Gasteiger partial charge on any atom is 0.239 e. The third-order valence-corrected chi connectivity index (χ3v) is 4.30. The Bertz CT molecular complexity index is 1000. The largest absolute Gasteiger partial charge is 0.493 e. The SMILES string of the molecule is O=C(CN(c1ccc(F)c(Cl)c1)c1ccnc2ccc(O)nc12)NCCCO. The first-order valence-corrected chi connectivity index (χ1v) is 8.92. The number of aliphatic hydroxyl groups excluding tert-OH is 1. The molecule has 0 aliphatic rings. The fourth-order valence-electron chi connectivity index (χ4n) is 2.69. The van der Waals surface area contributed by atoms with Crippen molar-refractivity contribution in [1.82, 2.24) is 15.3 Å². The molecule has 0 aliphatic carbocycles. The van der Waals surface area contributed by atoms with Crippen LogP contribution in [0.1, 0.15) is 6.42 Å². The minimum absolute atomic E-state index is 0.0320. The number of nitrogens with one attached hydrogen (secondary N) is 1. The third-order valence-electron chi connectivity index (χ3n) is 4.01. The van der Waals surface area contributed by atoms with Gasteiger partial charge in [-0.05, 0) is 36.8 Å². The Hall–Kier alpha value is -2.97. The van der Waals surface area contributed by atoms with Crippen LogP contribution >= 0.6 is 11.6 Å². The molecule has 0 atom stereocenters. The monoisotopic (exact) mass is 404 g/mol. The van der Waals surface area contributed by atoms with Gasteiger partial charge < -0.3 is 20.4 Å². The number of fused-ring (bicyclic) bond motifs is 1. The molecule has 2 heterocycles. The van der Waals surface area contributed by atoms with Crippen molar-refractivity contribution in [1.29, 1.82) is 0 Å². The molecule has 1 amide bonds. The molecule has 3 rings (SSSR count). The highest BCUT2D eigenvalue weighted by Crippen LogP contribution is 2.33. The number of anilines is 2. The first kappa shape index (κ1) is 19.8. The van der Waals surface area contributed by atoms with Crippen molar-refractivity contribution in [3.8, 4) is 5.88 Å². The van der Waals surface area contributed by atoms with E-state index in [-0.39, 0.29) is 30.0 Å². The van der Waals surface area contributed by atoms with Crippen LogP contribution in [0.15, 0.2) is 42.6 Å². The van der Waals surface area contributed by atoms with E-state index in [1.54, 1.807) is 23.2 Å². The minimum Gasteiger partial charge on any atom is -0.493 e. The summed E-state index contributed by atoms with van der Waals surface area (Å²) in [5, 5.41) is 21.3. The number of nitrogens with zero attached hydrogens (tertiary/aromatic N) is 3. The zero-order valence-electron chi connectivity index (χ0n) is 14.8. The van der Waals surface area contributed by atoms with Gasteiger partial charge in [-0.15, -0.1) is 0 Å². The number of hydrogen-bond acceptors (Lipinski definition) is 6. The number of halogens is 2. The van der Waals surface area contributed by atoms with Crippen LogP contribution in [0, 0.1) is 5.82 Å². The van der Waals surface area contributed by atoms with E-state index in [4.69, 9.17) is 16.7 Å². The van der Waals surface area contributed by atoms with Crippen molar-refractivity contribution < 1.29 is 19.4 Å². The number of aromatic hydroxyl groups is 1. The number of hydrogen-bond donors (Lipinski definition) is 3. The van der Waals surface area contributed by atoms with Gasteiger partial charge in [0.2, 0.25) is 11.8 Å². The quantitative estimate of drug-likeness (QED) is 0.524. The summed E-state index contributed by atoms with van der Waals surface area (Å²) >= 11 is 5.93. The van der Waals surface area contributed by atoms with E-state index in [0.717, 1.165) is 0 Å². The Morgan fingerprint density at radius 1 is 1.25 bits per heavy atom. The summed E-state index contributed by atoms with van der Waals surface area (Å²) in [4.78, 5) is 22.4. The molecule has 3 aromatic rings. The van der Waals surface area contributed by atoms with E-state index in [9.17, 15) is 14.3 Å². The second kappa shape index (κ2) is 8.81. The Morgan fingerprint density at radius 2 is 2.07 bits per heavy atom. The number of carbonyl (C=O) groups is 1. The lowest BCUT2D eigenvalue weighted by atomic mass is 10.2. The highest BCUT2D eigenvalue weighted by Gasteiger charge is 2.19. The minimum atomic E-state index is -0.576. The lowest BCUT2D eigenvalue weighted by Crippen LogP contribution is -2.35. The zero-order chi connectivity index (χ0) is 20.1. The number of amides is 1. The molecule has 2 aromatic heterocycles. The highest BCUT2D eigenvalue weighted by molar-refractivity contribution is 6.31. The van der Waals surface area contributed by atoms with Crippen LogP contribution in [0.2, 0.25) is 5.02 Å². The number of pyridine rings is 2. The summed E-state index contributed by atoms with van der Waals surface area (Å²) in [5.74, 6) is -1.07. The molecule has 1 aromatic carbocycles. The Balaban J connectivity index is 2.04. The molecule has 0 unspecified atom stereocenters. The van der Waals surface area contributed by atoms with Crippen molar-refractivity contribution in [3.05, 3.63) is 53.4 Å². The molecule has 0 radical (unpaired) electrons. The van der Waals surface area contributed by atoms with Crippen LogP contribution in [0.4, 0.5) is 15.8 Å². The maximum atomic E-state index is 13.6. The molecule has 0 aliphatic heterocycles. The molecular formula is C19H18ClFN4O3. The molecular weight excluding hydrogens is 387 g/mol. The van der Waals surface area contributed by atoms with Crippen LogP contribution in [-0.4, -0.2) is 45.8 Å². The van der Waals surface area contributed by atoms with Crippen molar-refractivity contribution in [2.75, 3.05) is 24.6 Å². The molecule has 9 heteroatoms. The van der Waals surface area contributed by atoms with Crippen molar-refractivity contribution in [3.63, 3.8) is 0 Å². The smallest absolute Gasteiger partial charge is 0.239 e. The van der Waals surface area contributed by atoms with Crippen LogP contribution in [-0.2, 0) is 4.79 Å². The molecule has 28 heavy (non-hydrogen) atoms. The van der Waals surface area contributed by atoms with Crippen LogP contribution in [0.5, 0.6) is 5.88 Å². The summed E-state index contributed by atoms with van der Waals surface area (Å²) in [7, 11) is 0. The lowest BCUT2D eigenvalue weighted by Gasteiger charge is -2.25. The summed E-state index contributed by atoms with van der Waals surface area (Å²) in [6.07, 6.45) is 1.99. The first-order chi connectivity index (χ1) is 13.5. The number of rotatable bonds is 7. The Kier molecular flexibility index (Phi) is 6.23. The van der Waals surface area contributed by atoms with Crippen molar-refractivity contribution >= 4 is 39.9 Å². The van der Waals surface area contributed by atoms with Gasteiger partial charge in [0.1, 0.15) is 17.9 Å². The van der Waals surface area contributed by atoms with E-state index < -0.39 is 5.82 Å². The van der Waals surface area contributed by atoms with Gasteiger partial charge >= 0.3 is 0 Å². The summed E-state index contributed by atoms with van der Waals surface area (Å²) in [6, 6.07) is 8.79. The van der Waals surface area contributed by atoms with E-state index in [2.05, 4.69) is 15.3 Å². The highest BCUT2D eigenvalue weighted by atomic mass is 35.5. The van der Waals surface area contributed by atoms with Crippen molar-refractivity contribution in [2.24, 2.45) is 0 Å².